The number of fused-ring (bicyclic) bond motifs is 2. The number of benzene rings is 2. The third-order valence-electron chi connectivity index (χ3n) is 5.18. The number of anilines is 2. The number of nitrogens with two attached hydrogens (primary N) is 1. The molecule has 5 rings (SSSR count). The fourth-order valence-corrected chi connectivity index (χ4v) is 5.18. The Morgan fingerprint density at radius 1 is 1.03 bits per heavy atom. The van der Waals surface area contributed by atoms with Crippen LogP contribution in [-0.4, -0.2) is 15.9 Å². The van der Waals surface area contributed by atoms with Gasteiger partial charge < -0.3 is 5.73 Å². The molecule has 0 aliphatic carbocycles. The molecule has 0 radical (unpaired) electrons. The summed E-state index contributed by atoms with van der Waals surface area (Å²) in [5.74, 6) is 0.0554. The molecular formula is C24H20N4OS2. The average molecular weight is 445 g/mol. The molecule has 0 unspecified atom stereocenters. The van der Waals surface area contributed by atoms with Gasteiger partial charge >= 0.3 is 0 Å². The van der Waals surface area contributed by atoms with Crippen molar-refractivity contribution in [3.63, 3.8) is 0 Å². The van der Waals surface area contributed by atoms with E-state index >= 15 is 0 Å². The summed E-state index contributed by atoms with van der Waals surface area (Å²) in [7, 11) is 0. The lowest BCUT2D eigenvalue weighted by Crippen LogP contribution is -2.11. The van der Waals surface area contributed by atoms with Crippen molar-refractivity contribution in [1.82, 2.24) is 9.97 Å². The van der Waals surface area contributed by atoms with Gasteiger partial charge in [-0.15, -0.1) is 22.7 Å². The summed E-state index contributed by atoms with van der Waals surface area (Å²) in [5.41, 5.74) is 9.56. The van der Waals surface area contributed by atoms with E-state index in [1.165, 1.54) is 28.1 Å². The van der Waals surface area contributed by atoms with Crippen LogP contribution in [0.3, 0.4) is 0 Å². The molecule has 0 aliphatic rings. The minimum Gasteiger partial charge on any atom is -0.397 e. The highest BCUT2D eigenvalue weighted by atomic mass is 32.1. The Morgan fingerprint density at radius 3 is 2.65 bits per heavy atom. The second-order valence-corrected chi connectivity index (χ2v) is 9.50. The minimum absolute atomic E-state index is 0.258. The number of nitrogens with one attached hydrogen (secondary N) is 1. The monoisotopic (exact) mass is 444 g/mol. The van der Waals surface area contributed by atoms with Crippen molar-refractivity contribution >= 4 is 60.4 Å². The van der Waals surface area contributed by atoms with Crippen LogP contribution in [0.5, 0.6) is 0 Å². The van der Waals surface area contributed by atoms with Gasteiger partial charge in [0, 0.05) is 22.0 Å². The van der Waals surface area contributed by atoms with E-state index in [9.17, 15) is 4.79 Å². The standard InChI is InChI=1S/C24H20N4OS2/c1-13(2)18-10-9-17-20(25)21(31-23(17)26-18)22(29)28-24-27-19(12-30-24)16-8-7-14-5-3-4-6-15(14)11-16/h3-13H,25H2,1-2H3,(H,27,28,29). The van der Waals surface area contributed by atoms with Crippen LogP contribution in [-0.2, 0) is 0 Å². The van der Waals surface area contributed by atoms with Crippen molar-refractivity contribution in [2.24, 2.45) is 0 Å². The first-order valence-electron chi connectivity index (χ1n) is 9.94. The van der Waals surface area contributed by atoms with E-state index in [0.717, 1.165) is 32.6 Å². The normalized spacial score (nSPS) is 11.5. The molecule has 3 aromatic heterocycles. The molecule has 0 aliphatic heterocycles. The summed E-state index contributed by atoms with van der Waals surface area (Å²) in [6.45, 7) is 4.18. The molecule has 0 fully saturated rings. The van der Waals surface area contributed by atoms with Crippen LogP contribution in [0, 0.1) is 0 Å². The summed E-state index contributed by atoms with van der Waals surface area (Å²) in [5, 5.41) is 8.54. The Kier molecular flexibility index (Phi) is 4.92. The molecule has 5 nitrogen and oxygen atoms in total. The third kappa shape index (κ3) is 3.66. The molecule has 1 amide bonds. The number of carbonyl (C=O) groups is 1. The fourth-order valence-electron chi connectivity index (χ4n) is 3.47. The van der Waals surface area contributed by atoms with Crippen LogP contribution in [0.15, 0.2) is 60.0 Å². The topological polar surface area (TPSA) is 80.9 Å². The molecule has 7 heteroatoms. The van der Waals surface area contributed by atoms with Gasteiger partial charge in [0.2, 0.25) is 0 Å². The Morgan fingerprint density at radius 2 is 1.84 bits per heavy atom. The van der Waals surface area contributed by atoms with Gasteiger partial charge in [-0.3, -0.25) is 10.1 Å². The SMILES string of the molecule is CC(C)c1ccc2c(N)c(C(=O)Nc3nc(-c4ccc5ccccc5c4)cs3)sc2n1. The Balaban J connectivity index is 1.41. The van der Waals surface area contributed by atoms with E-state index in [4.69, 9.17) is 5.73 Å². The molecule has 3 heterocycles. The number of amides is 1. The van der Waals surface area contributed by atoms with Crippen molar-refractivity contribution in [2.45, 2.75) is 19.8 Å². The van der Waals surface area contributed by atoms with Gasteiger partial charge in [-0.1, -0.05) is 50.2 Å². The highest BCUT2D eigenvalue weighted by Crippen LogP contribution is 2.34. The van der Waals surface area contributed by atoms with Gasteiger partial charge in [-0.2, -0.15) is 0 Å². The van der Waals surface area contributed by atoms with E-state index in [0.29, 0.717) is 21.6 Å². The molecule has 0 atom stereocenters. The molecule has 2 aromatic carbocycles. The number of thiophene rings is 1. The van der Waals surface area contributed by atoms with Crippen LogP contribution < -0.4 is 11.1 Å². The predicted octanol–water partition coefficient (Wildman–Crippen LogP) is 6.53. The van der Waals surface area contributed by atoms with E-state index in [-0.39, 0.29) is 5.91 Å². The average Bonchev–Trinajstić information content (AvgIpc) is 3.37. The molecule has 0 saturated carbocycles. The van der Waals surface area contributed by atoms with E-state index in [2.05, 4.69) is 53.4 Å². The summed E-state index contributed by atoms with van der Waals surface area (Å²) in [6.07, 6.45) is 0. The van der Waals surface area contributed by atoms with Gasteiger partial charge in [-0.05, 0) is 34.9 Å². The van der Waals surface area contributed by atoms with Gasteiger partial charge in [0.05, 0.1) is 11.4 Å². The largest absolute Gasteiger partial charge is 0.397 e. The maximum absolute atomic E-state index is 12.9. The number of thiazole rings is 1. The lowest BCUT2D eigenvalue weighted by molar-refractivity contribution is 0.103. The van der Waals surface area contributed by atoms with Crippen LogP contribution in [0.4, 0.5) is 10.8 Å². The van der Waals surface area contributed by atoms with Gasteiger partial charge in [0.1, 0.15) is 9.71 Å². The number of hydrogen-bond acceptors (Lipinski definition) is 6. The van der Waals surface area contributed by atoms with Gasteiger partial charge in [0.15, 0.2) is 5.13 Å². The number of rotatable bonds is 4. The summed E-state index contributed by atoms with van der Waals surface area (Å²) < 4.78 is 0. The van der Waals surface area contributed by atoms with Crippen LogP contribution in [0.1, 0.15) is 35.1 Å². The molecule has 154 valence electrons. The number of nitrogens with zero attached hydrogens (tertiary/aromatic N) is 2. The first-order chi connectivity index (χ1) is 15.0. The van der Waals surface area contributed by atoms with Crippen molar-refractivity contribution in [1.29, 1.82) is 0 Å². The number of pyridine rings is 1. The molecule has 31 heavy (non-hydrogen) atoms. The fraction of sp³-hybridized carbons (Fsp3) is 0.125. The zero-order chi connectivity index (χ0) is 21.5. The van der Waals surface area contributed by atoms with Crippen molar-refractivity contribution in [2.75, 3.05) is 11.1 Å². The number of nitrogen functional groups attached to an aromatic ring is 1. The summed E-state index contributed by atoms with van der Waals surface area (Å²) in [4.78, 5) is 23.4. The summed E-state index contributed by atoms with van der Waals surface area (Å²) >= 11 is 2.71. The predicted molar refractivity (Wildman–Crippen MR) is 131 cm³/mol. The van der Waals surface area contributed by atoms with E-state index in [1.54, 1.807) is 0 Å². The Hall–Kier alpha value is -3.29. The summed E-state index contributed by atoms with van der Waals surface area (Å²) in [6, 6.07) is 18.4. The number of aromatic nitrogens is 2. The third-order valence-corrected chi connectivity index (χ3v) is 7.05. The number of carbonyl (C=O) groups excluding carboxylic acids is 1. The molecule has 0 spiro atoms. The zero-order valence-corrected chi connectivity index (χ0v) is 18.7. The van der Waals surface area contributed by atoms with Crippen molar-refractivity contribution < 1.29 is 4.79 Å². The minimum atomic E-state index is -0.258. The van der Waals surface area contributed by atoms with Crippen LogP contribution >= 0.6 is 22.7 Å². The molecule has 3 N–H and O–H groups in total. The van der Waals surface area contributed by atoms with Gasteiger partial charge in [-0.25, -0.2) is 9.97 Å². The van der Waals surface area contributed by atoms with Crippen LogP contribution in [0.2, 0.25) is 0 Å². The highest BCUT2D eigenvalue weighted by Gasteiger charge is 2.19. The molecule has 0 saturated heterocycles. The Bertz CT molecular complexity index is 1430. The maximum atomic E-state index is 12.9. The second-order valence-electron chi connectivity index (χ2n) is 7.64. The first-order valence-corrected chi connectivity index (χ1v) is 11.6. The zero-order valence-electron chi connectivity index (χ0n) is 17.0. The second kappa shape index (κ2) is 7.76. The smallest absolute Gasteiger partial charge is 0.269 e. The lowest BCUT2D eigenvalue weighted by atomic mass is 10.1. The van der Waals surface area contributed by atoms with Crippen molar-refractivity contribution in [3.05, 3.63) is 70.5 Å². The highest BCUT2D eigenvalue weighted by molar-refractivity contribution is 7.21. The van der Waals surface area contributed by atoms with Crippen LogP contribution in [0.25, 0.3) is 32.2 Å². The van der Waals surface area contributed by atoms with E-state index < -0.39 is 0 Å². The Labute approximate surface area is 187 Å². The van der Waals surface area contributed by atoms with Crippen molar-refractivity contribution in [3.8, 4) is 11.3 Å². The molecule has 5 aromatic rings. The first kappa shape index (κ1) is 19.7. The molecular weight excluding hydrogens is 424 g/mol. The molecule has 0 bridgehead atoms. The maximum Gasteiger partial charge on any atom is 0.269 e. The lowest BCUT2D eigenvalue weighted by Gasteiger charge is -2.03. The van der Waals surface area contributed by atoms with Gasteiger partial charge in [0.25, 0.3) is 5.91 Å². The quantitative estimate of drug-likeness (QED) is 0.330. The number of hydrogen-bond donors (Lipinski definition) is 2. The van der Waals surface area contributed by atoms with E-state index in [1.807, 2.05) is 35.7 Å².